The molecule has 0 radical (unpaired) electrons. The third-order valence-corrected chi connectivity index (χ3v) is 5.25. The molecule has 1 aliphatic heterocycles. The number of piperidine rings is 1. The first-order valence-electron chi connectivity index (χ1n) is 8.05. The van der Waals surface area contributed by atoms with Crippen LogP contribution in [0.5, 0.6) is 0 Å². The minimum Gasteiger partial charge on any atom is -0.320 e. The molecule has 1 saturated heterocycles. The van der Waals surface area contributed by atoms with Crippen molar-refractivity contribution >= 4 is 0 Å². The summed E-state index contributed by atoms with van der Waals surface area (Å²) in [6, 6.07) is 1.68. The van der Waals surface area contributed by atoms with Gasteiger partial charge in [0, 0.05) is 12.1 Å². The second kappa shape index (κ2) is 6.38. The van der Waals surface area contributed by atoms with Gasteiger partial charge in [-0.3, -0.25) is 4.90 Å². The largest absolute Gasteiger partial charge is 0.320 e. The Morgan fingerprint density at radius 2 is 1.89 bits per heavy atom. The van der Waals surface area contributed by atoms with Crippen LogP contribution in [0.3, 0.4) is 0 Å². The molecule has 2 nitrogen and oxygen atoms in total. The highest BCUT2D eigenvalue weighted by atomic mass is 15.2. The number of rotatable bonds is 4. The quantitative estimate of drug-likeness (QED) is 0.825. The summed E-state index contributed by atoms with van der Waals surface area (Å²) in [5.41, 5.74) is 0.535. The van der Waals surface area contributed by atoms with E-state index < -0.39 is 0 Å². The van der Waals surface area contributed by atoms with Crippen molar-refractivity contribution in [1.82, 2.24) is 10.2 Å². The number of hydrogen-bond acceptors (Lipinski definition) is 2. The molecule has 18 heavy (non-hydrogen) atoms. The molecule has 1 N–H and O–H groups in total. The smallest absolute Gasteiger partial charge is 0.0149 e. The van der Waals surface area contributed by atoms with E-state index in [0.717, 1.165) is 12.1 Å². The zero-order valence-corrected chi connectivity index (χ0v) is 12.7. The molecule has 0 amide bonds. The zero-order chi connectivity index (χ0) is 13.0. The second-order valence-corrected chi connectivity index (χ2v) is 7.03. The van der Waals surface area contributed by atoms with Gasteiger partial charge in [0.15, 0.2) is 0 Å². The fraction of sp³-hybridized carbons (Fsp3) is 1.00. The predicted octanol–water partition coefficient (Wildman–Crippen LogP) is 3.42. The van der Waals surface area contributed by atoms with E-state index in [1.165, 1.54) is 64.5 Å². The van der Waals surface area contributed by atoms with E-state index in [4.69, 9.17) is 0 Å². The van der Waals surface area contributed by atoms with Gasteiger partial charge in [0.1, 0.15) is 0 Å². The van der Waals surface area contributed by atoms with Crippen molar-refractivity contribution in [3.8, 4) is 0 Å². The van der Waals surface area contributed by atoms with Crippen molar-refractivity contribution in [3.63, 3.8) is 0 Å². The topological polar surface area (TPSA) is 15.3 Å². The van der Waals surface area contributed by atoms with Crippen LogP contribution in [0.15, 0.2) is 0 Å². The van der Waals surface area contributed by atoms with E-state index in [-0.39, 0.29) is 0 Å². The molecular formula is C16H32N2. The lowest BCUT2D eigenvalue weighted by atomic mass is 9.71. The van der Waals surface area contributed by atoms with E-state index in [0.29, 0.717) is 5.41 Å². The standard InChI is InChI=1S/C16H32N2/c1-16(2)11-6-4-9-15(16)18-13-7-5-8-14(18)10-12-17-3/h14-15,17H,4-13H2,1-3H3. The summed E-state index contributed by atoms with van der Waals surface area (Å²) in [7, 11) is 2.08. The van der Waals surface area contributed by atoms with Crippen molar-refractivity contribution in [3.05, 3.63) is 0 Å². The van der Waals surface area contributed by atoms with Crippen LogP contribution in [0.2, 0.25) is 0 Å². The molecule has 1 aliphatic carbocycles. The molecule has 2 fully saturated rings. The van der Waals surface area contributed by atoms with Gasteiger partial charge in [-0.15, -0.1) is 0 Å². The Morgan fingerprint density at radius 1 is 1.11 bits per heavy atom. The molecule has 1 saturated carbocycles. The van der Waals surface area contributed by atoms with Gasteiger partial charge in [0.2, 0.25) is 0 Å². The summed E-state index contributed by atoms with van der Waals surface area (Å²) in [6.07, 6.45) is 11.4. The molecule has 2 rings (SSSR count). The normalized spacial score (nSPS) is 33.5. The average Bonchev–Trinajstić information content (AvgIpc) is 2.36. The lowest BCUT2D eigenvalue weighted by Gasteiger charge is -2.50. The summed E-state index contributed by atoms with van der Waals surface area (Å²) in [5, 5.41) is 3.33. The van der Waals surface area contributed by atoms with Crippen LogP contribution in [-0.4, -0.2) is 37.1 Å². The molecule has 2 aliphatic rings. The second-order valence-electron chi connectivity index (χ2n) is 7.03. The first-order chi connectivity index (χ1) is 8.65. The molecule has 2 atom stereocenters. The molecule has 106 valence electrons. The first-order valence-corrected chi connectivity index (χ1v) is 8.05. The van der Waals surface area contributed by atoms with Crippen molar-refractivity contribution in [1.29, 1.82) is 0 Å². The Kier molecular flexibility index (Phi) is 5.08. The third kappa shape index (κ3) is 3.27. The van der Waals surface area contributed by atoms with Gasteiger partial charge in [-0.05, 0) is 57.7 Å². The maximum Gasteiger partial charge on any atom is 0.0149 e. The molecule has 2 heteroatoms. The lowest BCUT2D eigenvalue weighted by molar-refractivity contribution is -0.00196. The lowest BCUT2D eigenvalue weighted by Crippen LogP contribution is -2.53. The van der Waals surface area contributed by atoms with E-state index in [1.54, 1.807) is 0 Å². The zero-order valence-electron chi connectivity index (χ0n) is 12.7. The SMILES string of the molecule is CNCCC1CCCCN1C1CCCCC1(C)C. The predicted molar refractivity (Wildman–Crippen MR) is 78.9 cm³/mol. The van der Waals surface area contributed by atoms with Crippen LogP contribution in [0, 0.1) is 5.41 Å². The molecule has 0 spiro atoms. The fourth-order valence-corrected chi connectivity index (χ4v) is 4.14. The number of nitrogens with one attached hydrogen (secondary N) is 1. The Labute approximate surface area is 114 Å². The van der Waals surface area contributed by atoms with Crippen LogP contribution < -0.4 is 5.32 Å². The van der Waals surface area contributed by atoms with Gasteiger partial charge in [0.25, 0.3) is 0 Å². The number of nitrogens with zero attached hydrogens (tertiary/aromatic N) is 1. The van der Waals surface area contributed by atoms with Crippen molar-refractivity contribution in [2.45, 2.75) is 77.3 Å². The summed E-state index contributed by atoms with van der Waals surface area (Å²) in [5.74, 6) is 0. The maximum atomic E-state index is 3.33. The molecule has 2 unspecified atom stereocenters. The van der Waals surface area contributed by atoms with Crippen molar-refractivity contribution in [2.75, 3.05) is 20.1 Å². The summed E-state index contributed by atoms with van der Waals surface area (Å²) in [6.45, 7) is 7.53. The minimum atomic E-state index is 0.535. The summed E-state index contributed by atoms with van der Waals surface area (Å²) >= 11 is 0. The maximum absolute atomic E-state index is 3.33. The average molecular weight is 252 g/mol. The van der Waals surface area contributed by atoms with Crippen LogP contribution in [0.1, 0.15) is 65.2 Å². The van der Waals surface area contributed by atoms with Crippen LogP contribution in [0.4, 0.5) is 0 Å². The number of likely N-dealkylation sites (tertiary alicyclic amines) is 1. The fourth-order valence-electron chi connectivity index (χ4n) is 4.14. The van der Waals surface area contributed by atoms with Crippen LogP contribution >= 0.6 is 0 Å². The van der Waals surface area contributed by atoms with Gasteiger partial charge < -0.3 is 5.32 Å². The molecule has 0 aromatic rings. The van der Waals surface area contributed by atoms with Crippen LogP contribution in [-0.2, 0) is 0 Å². The molecule has 0 aromatic carbocycles. The van der Waals surface area contributed by atoms with Gasteiger partial charge in [-0.2, -0.15) is 0 Å². The van der Waals surface area contributed by atoms with Gasteiger partial charge in [0.05, 0.1) is 0 Å². The highest BCUT2D eigenvalue weighted by molar-refractivity contribution is 4.93. The van der Waals surface area contributed by atoms with E-state index in [9.17, 15) is 0 Å². The Morgan fingerprint density at radius 3 is 2.61 bits per heavy atom. The monoisotopic (exact) mass is 252 g/mol. The molecule has 0 bridgehead atoms. The molecule has 0 aromatic heterocycles. The summed E-state index contributed by atoms with van der Waals surface area (Å²) in [4.78, 5) is 2.89. The van der Waals surface area contributed by atoms with E-state index in [1.807, 2.05) is 0 Å². The third-order valence-electron chi connectivity index (χ3n) is 5.25. The molecular weight excluding hydrogens is 220 g/mol. The van der Waals surface area contributed by atoms with Gasteiger partial charge in [-0.1, -0.05) is 33.1 Å². The number of hydrogen-bond donors (Lipinski definition) is 1. The van der Waals surface area contributed by atoms with Gasteiger partial charge >= 0.3 is 0 Å². The Bertz CT molecular complexity index is 249. The molecule has 1 heterocycles. The van der Waals surface area contributed by atoms with Gasteiger partial charge in [-0.25, -0.2) is 0 Å². The van der Waals surface area contributed by atoms with E-state index in [2.05, 4.69) is 31.1 Å². The Balaban J connectivity index is 2.02. The highest BCUT2D eigenvalue weighted by Gasteiger charge is 2.39. The minimum absolute atomic E-state index is 0.535. The van der Waals surface area contributed by atoms with Crippen molar-refractivity contribution < 1.29 is 0 Å². The Hall–Kier alpha value is -0.0800. The van der Waals surface area contributed by atoms with E-state index >= 15 is 0 Å². The first kappa shape index (κ1) is 14.3. The van der Waals surface area contributed by atoms with Crippen LogP contribution in [0.25, 0.3) is 0 Å². The highest BCUT2D eigenvalue weighted by Crippen LogP contribution is 2.41. The van der Waals surface area contributed by atoms with Crippen molar-refractivity contribution in [2.24, 2.45) is 5.41 Å². The summed E-state index contributed by atoms with van der Waals surface area (Å²) < 4.78 is 0.